The molecule has 0 atom stereocenters. The van der Waals surface area contributed by atoms with Crippen LogP contribution in [-0.4, -0.2) is 11.6 Å². The molecule has 0 spiro atoms. The van der Waals surface area contributed by atoms with Crippen molar-refractivity contribution >= 4 is 11.6 Å². The van der Waals surface area contributed by atoms with Crippen LogP contribution in [0, 0.1) is 6.92 Å². The molecule has 0 aromatic carbocycles. The van der Waals surface area contributed by atoms with E-state index in [1.807, 2.05) is 0 Å². The van der Waals surface area contributed by atoms with E-state index in [0.717, 1.165) is 0 Å². The average molecular weight is 162 g/mol. The normalized spacial score (nSPS) is 15.1. The Morgan fingerprint density at radius 1 is 1.17 bits per heavy atom. The fourth-order valence-electron chi connectivity index (χ4n) is 1.24. The summed E-state index contributed by atoms with van der Waals surface area (Å²) in [5, 5.41) is 0. The van der Waals surface area contributed by atoms with E-state index >= 15 is 0 Å². The second kappa shape index (κ2) is 2.17. The number of carbonyl (C=O) groups excluding carboxylic acids is 2. The number of hydrogen-bond donors (Lipinski definition) is 0. The van der Waals surface area contributed by atoms with E-state index in [2.05, 4.69) is 0 Å². The molecular weight excluding hydrogens is 156 g/mol. The number of fused-ring (bicyclic) bond motifs is 1. The number of furan rings is 1. The van der Waals surface area contributed by atoms with Crippen molar-refractivity contribution in [2.24, 2.45) is 0 Å². The third-order valence-electron chi connectivity index (χ3n) is 1.83. The Hall–Kier alpha value is -1.64. The number of aryl methyl sites for hydroxylation is 1. The molecule has 0 saturated carbocycles. The van der Waals surface area contributed by atoms with Crippen LogP contribution in [0.3, 0.4) is 0 Å². The smallest absolute Gasteiger partial charge is 0.221 e. The van der Waals surface area contributed by atoms with Gasteiger partial charge < -0.3 is 4.42 Å². The van der Waals surface area contributed by atoms with Crippen molar-refractivity contribution in [3.05, 3.63) is 35.3 Å². The Balaban J connectivity index is 2.72. The van der Waals surface area contributed by atoms with Gasteiger partial charge in [0.25, 0.3) is 0 Å². The van der Waals surface area contributed by atoms with E-state index in [0.29, 0.717) is 11.1 Å². The molecule has 1 aliphatic carbocycles. The maximum absolute atomic E-state index is 11.2. The second-order valence-corrected chi connectivity index (χ2v) is 2.68. The van der Waals surface area contributed by atoms with Crippen LogP contribution in [0.25, 0.3) is 0 Å². The summed E-state index contributed by atoms with van der Waals surface area (Å²) in [7, 11) is 0. The minimum atomic E-state index is -0.238. The van der Waals surface area contributed by atoms with Crippen molar-refractivity contribution in [3.8, 4) is 0 Å². The van der Waals surface area contributed by atoms with Gasteiger partial charge in [-0.1, -0.05) is 0 Å². The molecular formula is C9H6O3. The molecule has 0 saturated heterocycles. The molecule has 12 heavy (non-hydrogen) atoms. The van der Waals surface area contributed by atoms with E-state index in [1.165, 1.54) is 18.4 Å². The van der Waals surface area contributed by atoms with Crippen molar-refractivity contribution in [1.82, 2.24) is 0 Å². The Bertz CT molecular complexity index is 396. The van der Waals surface area contributed by atoms with Gasteiger partial charge in [-0.05, 0) is 24.6 Å². The molecule has 0 bridgehead atoms. The monoisotopic (exact) mass is 162 g/mol. The molecule has 0 N–H and O–H groups in total. The molecule has 1 aromatic heterocycles. The summed E-state index contributed by atoms with van der Waals surface area (Å²) in [6, 6.07) is 0. The highest BCUT2D eigenvalue weighted by Crippen LogP contribution is 2.21. The van der Waals surface area contributed by atoms with Gasteiger partial charge in [0.15, 0.2) is 11.5 Å². The molecule has 0 radical (unpaired) electrons. The molecule has 1 heterocycles. The number of rotatable bonds is 0. The van der Waals surface area contributed by atoms with Crippen molar-refractivity contribution < 1.29 is 14.0 Å². The minimum Gasteiger partial charge on any atom is -0.460 e. The Morgan fingerprint density at radius 2 is 1.83 bits per heavy atom. The number of ketones is 2. The minimum absolute atomic E-state index is 0.157. The lowest BCUT2D eigenvalue weighted by atomic mass is 10.00. The van der Waals surface area contributed by atoms with E-state index in [4.69, 9.17) is 4.42 Å². The Morgan fingerprint density at radius 3 is 2.50 bits per heavy atom. The van der Waals surface area contributed by atoms with E-state index in [1.54, 1.807) is 6.92 Å². The van der Waals surface area contributed by atoms with Crippen LogP contribution in [0.15, 0.2) is 22.8 Å². The summed E-state index contributed by atoms with van der Waals surface area (Å²) in [6.45, 7) is 1.74. The Labute approximate surface area is 68.7 Å². The van der Waals surface area contributed by atoms with Crippen LogP contribution < -0.4 is 0 Å². The first-order valence-corrected chi connectivity index (χ1v) is 3.55. The highest BCUT2D eigenvalue weighted by atomic mass is 16.3. The fraction of sp³-hybridized carbons (Fsp3) is 0.111. The van der Waals surface area contributed by atoms with Crippen LogP contribution in [0.2, 0.25) is 0 Å². The first-order valence-electron chi connectivity index (χ1n) is 3.55. The Kier molecular flexibility index (Phi) is 1.27. The van der Waals surface area contributed by atoms with Crippen LogP contribution in [0.5, 0.6) is 0 Å². The largest absolute Gasteiger partial charge is 0.460 e. The molecule has 2 rings (SSSR count). The van der Waals surface area contributed by atoms with Gasteiger partial charge in [0.2, 0.25) is 5.78 Å². The fourth-order valence-corrected chi connectivity index (χ4v) is 1.24. The summed E-state index contributed by atoms with van der Waals surface area (Å²) in [5.41, 5.74) is 1.12. The summed E-state index contributed by atoms with van der Waals surface area (Å²) in [6.07, 6.45) is 3.92. The van der Waals surface area contributed by atoms with Gasteiger partial charge in [-0.3, -0.25) is 9.59 Å². The summed E-state index contributed by atoms with van der Waals surface area (Å²) < 4.78 is 4.95. The van der Waals surface area contributed by atoms with Gasteiger partial charge >= 0.3 is 0 Å². The molecule has 1 aliphatic rings. The van der Waals surface area contributed by atoms with Gasteiger partial charge in [-0.25, -0.2) is 0 Å². The van der Waals surface area contributed by atoms with Crippen molar-refractivity contribution in [1.29, 1.82) is 0 Å². The summed E-state index contributed by atoms with van der Waals surface area (Å²) in [5.74, 6) is -0.228. The zero-order chi connectivity index (χ0) is 8.72. The first kappa shape index (κ1) is 7.03. The first-order chi connectivity index (χ1) is 5.70. The van der Waals surface area contributed by atoms with Crippen molar-refractivity contribution in [2.75, 3.05) is 0 Å². The molecule has 0 amide bonds. The lowest BCUT2D eigenvalue weighted by Gasteiger charge is -2.00. The molecule has 0 unspecified atom stereocenters. The van der Waals surface area contributed by atoms with Crippen LogP contribution in [0.4, 0.5) is 0 Å². The summed E-state index contributed by atoms with van der Waals surface area (Å²) in [4.78, 5) is 22.3. The third-order valence-corrected chi connectivity index (χ3v) is 1.83. The zero-order valence-corrected chi connectivity index (χ0v) is 6.46. The average Bonchev–Trinajstić information content (AvgIpc) is 2.42. The maximum Gasteiger partial charge on any atom is 0.221 e. The maximum atomic E-state index is 11.2. The highest BCUT2D eigenvalue weighted by molar-refractivity contribution is 6.21. The van der Waals surface area contributed by atoms with Gasteiger partial charge in [0.1, 0.15) is 0 Å². The number of allylic oxidation sites excluding steroid dienone is 2. The lowest BCUT2D eigenvalue weighted by molar-refractivity contribution is 0.0975. The summed E-state index contributed by atoms with van der Waals surface area (Å²) >= 11 is 0. The molecule has 1 aromatic rings. The number of carbonyl (C=O) groups is 2. The van der Waals surface area contributed by atoms with Crippen molar-refractivity contribution in [3.63, 3.8) is 0 Å². The molecule has 3 nitrogen and oxygen atoms in total. The number of hydrogen-bond acceptors (Lipinski definition) is 3. The van der Waals surface area contributed by atoms with E-state index < -0.39 is 0 Å². The third kappa shape index (κ3) is 0.763. The second-order valence-electron chi connectivity index (χ2n) is 2.68. The van der Waals surface area contributed by atoms with Gasteiger partial charge in [-0.2, -0.15) is 0 Å². The standard InChI is InChI=1S/C9H6O3/c1-5-4-12-9-7(11)3-2-6(10)8(5)9/h2-4H,1H3. The highest BCUT2D eigenvalue weighted by Gasteiger charge is 2.24. The molecule has 0 aliphatic heterocycles. The molecule has 0 fully saturated rings. The van der Waals surface area contributed by atoms with Crippen LogP contribution in [-0.2, 0) is 0 Å². The lowest BCUT2D eigenvalue weighted by Crippen LogP contribution is -2.09. The SMILES string of the molecule is Cc1coc2c1C(=O)C=CC2=O. The molecule has 3 heteroatoms. The van der Waals surface area contributed by atoms with E-state index in [-0.39, 0.29) is 17.3 Å². The molecule has 60 valence electrons. The predicted molar refractivity (Wildman–Crippen MR) is 41.2 cm³/mol. The van der Waals surface area contributed by atoms with Gasteiger partial charge in [-0.15, -0.1) is 0 Å². The zero-order valence-electron chi connectivity index (χ0n) is 6.46. The van der Waals surface area contributed by atoms with E-state index in [9.17, 15) is 9.59 Å². The van der Waals surface area contributed by atoms with Crippen LogP contribution >= 0.6 is 0 Å². The topological polar surface area (TPSA) is 47.3 Å². The van der Waals surface area contributed by atoms with Gasteiger partial charge in [0, 0.05) is 0 Å². The predicted octanol–water partition coefficient (Wildman–Crippen LogP) is 1.52. The quantitative estimate of drug-likeness (QED) is 0.581. The van der Waals surface area contributed by atoms with Crippen LogP contribution in [0.1, 0.15) is 26.5 Å². The van der Waals surface area contributed by atoms with Gasteiger partial charge in [0.05, 0.1) is 11.8 Å². The van der Waals surface area contributed by atoms with Crippen molar-refractivity contribution in [2.45, 2.75) is 6.92 Å².